The second-order valence-corrected chi connectivity index (χ2v) is 7.95. The first kappa shape index (κ1) is 17.5. The van der Waals surface area contributed by atoms with Gasteiger partial charge in [-0.1, -0.05) is 6.92 Å². The summed E-state index contributed by atoms with van der Waals surface area (Å²) >= 11 is 0. The van der Waals surface area contributed by atoms with Crippen molar-refractivity contribution in [2.24, 2.45) is 18.4 Å². The third-order valence-electron chi connectivity index (χ3n) is 6.27. The standard InChI is InChI=1S/C19H31N3O2/c1-3-17-16(13-21(2)20-17)14-22-10-8-19(9-11-22)6-4-15(5-7-19)12-18(23)24/h13,15H,3-12,14H2,1-2H3,(H,23,24). The van der Waals surface area contributed by atoms with E-state index in [1.807, 2.05) is 11.7 Å². The number of likely N-dealkylation sites (tertiary alicyclic amines) is 1. The molecule has 2 fully saturated rings. The molecule has 5 heteroatoms. The molecule has 1 saturated heterocycles. The van der Waals surface area contributed by atoms with Crippen molar-refractivity contribution in [3.05, 3.63) is 17.5 Å². The van der Waals surface area contributed by atoms with Gasteiger partial charge in [-0.3, -0.25) is 14.4 Å². The van der Waals surface area contributed by atoms with Crippen LogP contribution in [0.5, 0.6) is 0 Å². The summed E-state index contributed by atoms with van der Waals surface area (Å²) in [6.45, 7) is 5.53. The van der Waals surface area contributed by atoms with Crippen LogP contribution in [0.1, 0.15) is 63.1 Å². The zero-order chi connectivity index (χ0) is 17.2. The number of carboxylic acid groups (broad SMARTS) is 1. The number of rotatable bonds is 5. The van der Waals surface area contributed by atoms with E-state index in [1.165, 1.54) is 50.0 Å². The second kappa shape index (κ2) is 7.26. The van der Waals surface area contributed by atoms with Crippen LogP contribution < -0.4 is 0 Å². The molecule has 0 radical (unpaired) electrons. The molecule has 1 aliphatic heterocycles. The minimum atomic E-state index is -0.631. The third-order valence-corrected chi connectivity index (χ3v) is 6.27. The van der Waals surface area contributed by atoms with Crippen LogP contribution >= 0.6 is 0 Å². The number of hydrogen-bond donors (Lipinski definition) is 1. The van der Waals surface area contributed by atoms with Gasteiger partial charge in [0, 0.05) is 31.8 Å². The Morgan fingerprint density at radius 3 is 2.54 bits per heavy atom. The summed E-state index contributed by atoms with van der Waals surface area (Å²) in [6, 6.07) is 0. The molecule has 0 unspecified atom stereocenters. The first-order chi connectivity index (χ1) is 11.5. The highest BCUT2D eigenvalue weighted by molar-refractivity contribution is 5.67. The highest BCUT2D eigenvalue weighted by Gasteiger charge is 2.38. The lowest BCUT2D eigenvalue weighted by Gasteiger charge is -2.46. The number of piperidine rings is 1. The van der Waals surface area contributed by atoms with Crippen molar-refractivity contribution in [1.82, 2.24) is 14.7 Å². The van der Waals surface area contributed by atoms with Crippen molar-refractivity contribution in [1.29, 1.82) is 0 Å². The molecule has 0 bridgehead atoms. The number of aliphatic carboxylic acids is 1. The number of hydrogen-bond acceptors (Lipinski definition) is 3. The zero-order valence-corrected chi connectivity index (χ0v) is 15.1. The molecule has 2 heterocycles. The van der Waals surface area contributed by atoms with Gasteiger partial charge in [0.2, 0.25) is 0 Å². The van der Waals surface area contributed by atoms with E-state index in [0.29, 0.717) is 17.8 Å². The van der Waals surface area contributed by atoms with Gasteiger partial charge in [-0.25, -0.2) is 0 Å². The Bertz CT molecular complexity index is 563. The Morgan fingerprint density at radius 2 is 1.96 bits per heavy atom. The van der Waals surface area contributed by atoms with Crippen molar-refractivity contribution in [2.75, 3.05) is 13.1 Å². The van der Waals surface area contributed by atoms with Crippen molar-refractivity contribution in [3.8, 4) is 0 Å². The molecule has 1 aromatic rings. The lowest BCUT2D eigenvalue weighted by Crippen LogP contribution is -2.41. The fraction of sp³-hybridized carbons (Fsp3) is 0.789. The Labute approximate surface area is 145 Å². The van der Waals surface area contributed by atoms with Crippen LogP contribution in [-0.4, -0.2) is 38.8 Å². The van der Waals surface area contributed by atoms with Crippen LogP contribution in [0.4, 0.5) is 0 Å². The van der Waals surface area contributed by atoms with E-state index in [9.17, 15) is 4.79 Å². The maximum Gasteiger partial charge on any atom is 0.303 e. The number of nitrogens with zero attached hydrogens (tertiary/aromatic N) is 3. The highest BCUT2D eigenvalue weighted by Crippen LogP contribution is 2.47. The monoisotopic (exact) mass is 333 g/mol. The van der Waals surface area contributed by atoms with Crippen LogP contribution in [0.2, 0.25) is 0 Å². The molecule has 0 atom stereocenters. The minimum absolute atomic E-state index is 0.364. The van der Waals surface area contributed by atoms with E-state index in [1.54, 1.807) is 0 Å². The molecule has 3 rings (SSSR count). The van der Waals surface area contributed by atoms with Crippen molar-refractivity contribution in [3.63, 3.8) is 0 Å². The average molecular weight is 333 g/mol. The number of aromatic nitrogens is 2. The SMILES string of the molecule is CCc1nn(C)cc1CN1CCC2(CCC(CC(=O)O)CC2)CC1. The topological polar surface area (TPSA) is 58.4 Å². The van der Waals surface area contributed by atoms with E-state index in [2.05, 4.69) is 23.1 Å². The minimum Gasteiger partial charge on any atom is -0.481 e. The van der Waals surface area contributed by atoms with Crippen molar-refractivity contribution >= 4 is 5.97 Å². The van der Waals surface area contributed by atoms with Crippen molar-refractivity contribution < 1.29 is 9.90 Å². The maximum atomic E-state index is 10.9. The maximum absolute atomic E-state index is 10.9. The fourth-order valence-electron chi connectivity index (χ4n) is 4.68. The Kier molecular flexibility index (Phi) is 5.28. The summed E-state index contributed by atoms with van der Waals surface area (Å²) in [5.41, 5.74) is 3.10. The molecule has 1 aromatic heterocycles. The van der Waals surface area contributed by atoms with Crippen LogP contribution in [0.15, 0.2) is 6.20 Å². The predicted octanol–water partition coefficient (Wildman–Crippen LogP) is 3.23. The van der Waals surface area contributed by atoms with Crippen LogP contribution in [-0.2, 0) is 24.8 Å². The number of carbonyl (C=O) groups is 1. The largest absolute Gasteiger partial charge is 0.481 e. The molecule has 5 nitrogen and oxygen atoms in total. The Hall–Kier alpha value is -1.36. The molecule has 1 aliphatic carbocycles. The highest BCUT2D eigenvalue weighted by atomic mass is 16.4. The van der Waals surface area contributed by atoms with E-state index in [4.69, 9.17) is 5.11 Å². The van der Waals surface area contributed by atoms with Crippen LogP contribution in [0.25, 0.3) is 0 Å². The molecular formula is C19H31N3O2. The molecule has 1 spiro atoms. The molecular weight excluding hydrogens is 302 g/mol. The van der Waals surface area contributed by atoms with Crippen LogP contribution in [0.3, 0.4) is 0 Å². The summed E-state index contributed by atoms with van der Waals surface area (Å²) in [5, 5.41) is 13.5. The Balaban J connectivity index is 1.50. The van der Waals surface area contributed by atoms with E-state index < -0.39 is 5.97 Å². The summed E-state index contributed by atoms with van der Waals surface area (Å²) in [5.74, 6) is -0.220. The predicted molar refractivity (Wildman–Crippen MR) is 93.7 cm³/mol. The van der Waals surface area contributed by atoms with Gasteiger partial charge in [-0.05, 0) is 69.4 Å². The normalized spacial score (nSPS) is 22.1. The molecule has 2 aliphatic rings. The van der Waals surface area contributed by atoms with Gasteiger partial charge in [0.1, 0.15) is 0 Å². The van der Waals surface area contributed by atoms with Gasteiger partial charge in [0.15, 0.2) is 0 Å². The Morgan fingerprint density at radius 1 is 1.29 bits per heavy atom. The van der Waals surface area contributed by atoms with Gasteiger partial charge in [-0.15, -0.1) is 0 Å². The smallest absolute Gasteiger partial charge is 0.303 e. The molecule has 24 heavy (non-hydrogen) atoms. The zero-order valence-electron chi connectivity index (χ0n) is 15.1. The van der Waals surface area contributed by atoms with Gasteiger partial charge in [-0.2, -0.15) is 5.10 Å². The van der Waals surface area contributed by atoms with Crippen LogP contribution in [0, 0.1) is 11.3 Å². The number of carboxylic acids is 1. The van der Waals surface area contributed by atoms with Gasteiger partial charge in [0.05, 0.1) is 5.69 Å². The third kappa shape index (κ3) is 4.00. The fourth-order valence-corrected chi connectivity index (χ4v) is 4.68. The van der Waals surface area contributed by atoms with Gasteiger partial charge in [0.25, 0.3) is 0 Å². The first-order valence-electron chi connectivity index (χ1n) is 9.45. The van der Waals surface area contributed by atoms with E-state index >= 15 is 0 Å². The lowest BCUT2D eigenvalue weighted by molar-refractivity contribution is -0.138. The summed E-state index contributed by atoms with van der Waals surface area (Å²) in [6.07, 6.45) is 10.7. The van der Waals surface area contributed by atoms with Gasteiger partial charge < -0.3 is 5.11 Å². The lowest BCUT2D eigenvalue weighted by atomic mass is 9.65. The molecule has 134 valence electrons. The molecule has 1 saturated carbocycles. The van der Waals surface area contributed by atoms with Gasteiger partial charge >= 0.3 is 5.97 Å². The first-order valence-corrected chi connectivity index (χ1v) is 9.45. The average Bonchev–Trinajstić information content (AvgIpc) is 2.91. The summed E-state index contributed by atoms with van der Waals surface area (Å²) < 4.78 is 1.93. The van der Waals surface area contributed by atoms with E-state index in [0.717, 1.165) is 25.8 Å². The molecule has 0 aromatic carbocycles. The number of aryl methyl sites for hydroxylation is 2. The molecule has 1 N–H and O–H groups in total. The quantitative estimate of drug-likeness (QED) is 0.899. The summed E-state index contributed by atoms with van der Waals surface area (Å²) in [4.78, 5) is 13.5. The van der Waals surface area contributed by atoms with E-state index in [-0.39, 0.29) is 0 Å². The molecule has 0 amide bonds. The second-order valence-electron chi connectivity index (χ2n) is 7.95. The summed E-state index contributed by atoms with van der Waals surface area (Å²) in [7, 11) is 2.00. The van der Waals surface area contributed by atoms with Crippen molar-refractivity contribution in [2.45, 2.75) is 64.8 Å².